The number of hydrogen-bond acceptors (Lipinski definition) is 3. The van der Waals surface area contributed by atoms with Gasteiger partial charge in [0.1, 0.15) is 5.82 Å². The number of aromatic nitrogens is 1. The lowest BCUT2D eigenvalue weighted by molar-refractivity contribution is -0.118. The predicted octanol–water partition coefficient (Wildman–Crippen LogP) is 4.12. The zero-order valence-corrected chi connectivity index (χ0v) is 16.7. The monoisotopic (exact) mass is 403 g/mol. The fourth-order valence-electron chi connectivity index (χ4n) is 3.67. The first kappa shape index (κ1) is 19.8. The molecule has 0 radical (unpaired) electrons. The minimum atomic E-state index is -0.377. The van der Waals surface area contributed by atoms with Crippen LogP contribution >= 0.6 is 0 Å². The zero-order chi connectivity index (χ0) is 21.1. The van der Waals surface area contributed by atoms with Crippen molar-refractivity contribution in [2.75, 3.05) is 11.4 Å². The number of halogens is 1. The Morgan fingerprint density at radius 1 is 1.17 bits per heavy atom. The lowest BCUT2D eigenvalue weighted by atomic mass is 9.99. The number of hydrogen-bond donors (Lipinski definition) is 1. The molecular formula is C24H22FN3O2. The van der Waals surface area contributed by atoms with Gasteiger partial charge in [-0.25, -0.2) is 4.39 Å². The molecule has 0 bridgehead atoms. The minimum absolute atomic E-state index is 0.00236. The zero-order valence-electron chi connectivity index (χ0n) is 16.7. The SMILES string of the molecule is CCC(=O)N1CCc2cc(-c3ccc(C(=O)NCc4cccnc4)cc3)c(F)cc21. The number of carbonyl (C=O) groups is 2. The summed E-state index contributed by atoms with van der Waals surface area (Å²) in [4.78, 5) is 30.1. The summed E-state index contributed by atoms with van der Waals surface area (Å²) in [5, 5.41) is 2.85. The Kier molecular flexibility index (Phi) is 5.57. The van der Waals surface area contributed by atoms with Crippen LogP contribution in [0.5, 0.6) is 0 Å². The van der Waals surface area contributed by atoms with E-state index in [4.69, 9.17) is 0 Å². The molecule has 2 amide bonds. The van der Waals surface area contributed by atoms with Crippen LogP contribution in [0.15, 0.2) is 60.9 Å². The summed E-state index contributed by atoms with van der Waals surface area (Å²) >= 11 is 0. The van der Waals surface area contributed by atoms with Crippen molar-refractivity contribution in [2.24, 2.45) is 0 Å². The second-order valence-electron chi connectivity index (χ2n) is 7.23. The number of nitrogens with one attached hydrogen (secondary N) is 1. The largest absolute Gasteiger partial charge is 0.348 e. The van der Waals surface area contributed by atoms with Crippen LogP contribution in [-0.4, -0.2) is 23.3 Å². The Bertz CT molecular complexity index is 1080. The van der Waals surface area contributed by atoms with E-state index in [1.165, 1.54) is 6.07 Å². The fourth-order valence-corrected chi connectivity index (χ4v) is 3.67. The Morgan fingerprint density at radius 3 is 2.67 bits per heavy atom. The Labute approximate surface area is 174 Å². The van der Waals surface area contributed by atoms with E-state index in [0.29, 0.717) is 48.3 Å². The van der Waals surface area contributed by atoms with Crippen molar-refractivity contribution in [3.8, 4) is 11.1 Å². The van der Waals surface area contributed by atoms with Gasteiger partial charge in [0.25, 0.3) is 5.91 Å². The predicted molar refractivity (Wildman–Crippen MR) is 114 cm³/mol. The molecule has 0 saturated heterocycles. The Hall–Kier alpha value is -3.54. The van der Waals surface area contributed by atoms with Crippen molar-refractivity contribution in [3.05, 3.63) is 83.4 Å². The van der Waals surface area contributed by atoms with Crippen LogP contribution in [0.4, 0.5) is 10.1 Å². The van der Waals surface area contributed by atoms with Gasteiger partial charge in [-0.05, 0) is 53.4 Å². The maximum atomic E-state index is 14.8. The molecule has 5 nitrogen and oxygen atoms in total. The fraction of sp³-hybridized carbons (Fsp3) is 0.208. The van der Waals surface area contributed by atoms with Gasteiger partial charge in [0.15, 0.2) is 0 Å². The second-order valence-corrected chi connectivity index (χ2v) is 7.23. The maximum absolute atomic E-state index is 14.8. The van der Waals surface area contributed by atoms with Gasteiger partial charge in [-0.15, -0.1) is 0 Å². The number of rotatable bonds is 5. The van der Waals surface area contributed by atoms with E-state index in [2.05, 4.69) is 10.3 Å². The molecule has 2 aromatic carbocycles. The van der Waals surface area contributed by atoms with E-state index in [1.807, 2.05) is 18.2 Å². The van der Waals surface area contributed by atoms with E-state index < -0.39 is 0 Å². The molecular weight excluding hydrogens is 381 g/mol. The lowest BCUT2D eigenvalue weighted by Gasteiger charge is -2.17. The molecule has 4 rings (SSSR count). The summed E-state index contributed by atoms with van der Waals surface area (Å²) in [5.74, 6) is -0.575. The van der Waals surface area contributed by atoms with Gasteiger partial charge in [0, 0.05) is 48.7 Å². The van der Waals surface area contributed by atoms with E-state index in [0.717, 1.165) is 11.1 Å². The highest BCUT2D eigenvalue weighted by molar-refractivity contribution is 5.96. The van der Waals surface area contributed by atoms with Gasteiger partial charge >= 0.3 is 0 Å². The lowest BCUT2D eigenvalue weighted by Crippen LogP contribution is -2.27. The second kappa shape index (κ2) is 8.45. The van der Waals surface area contributed by atoms with Crippen molar-refractivity contribution in [3.63, 3.8) is 0 Å². The third kappa shape index (κ3) is 3.94. The third-order valence-corrected chi connectivity index (χ3v) is 5.30. The van der Waals surface area contributed by atoms with Gasteiger partial charge in [0.2, 0.25) is 5.91 Å². The standard InChI is InChI=1S/C24H22FN3O2/c1-2-23(29)28-11-9-19-12-20(21(25)13-22(19)28)17-5-7-18(8-6-17)24(30)27-15-16-4-3-10-26-14-16/h3-8,10,12-14H,2,9,11,15H2,1H3,(H,27,30). The maximum Gasteiger partial charge on any atom is 0.251 e. The molecule has 0 unspecified atom stereocenters. The smallest absolute Gasteiger partial charge is 0.251 e. The molecule has 152 valence electrons. The van der Waals surface area contributed by atoms with Crippen LogP contribution < -0.4 is 10.2 Å². The summed E-state index contributed by atoms with van der Waals surface area (Å²) in [6.45, 7) is 2.78. The number of carbonyl (C=O) groups excluding carboxylic acids is 2. The molecule has 1 aliphatic rings. The first-order valence-electron chi connectivity index (χ1n) is 9.97. The number of nitrogens with zero attached hydrogens (tertiary/aromatic N) is 2. The number of amides is 2. The van der Waals surface area contributed by atoms with Crippen LogP contribution in [-0.2, 0) is 17.8 Å². The minimum Gasteiger partial charge on any atom is -0.348 e. The number of pyridine rings is 1. The number of benzene rings is 2. The molecule has 3 aromatic rings. The topological polar surface area (TPSA) is 62.3 Å². The summed E-state index contributed by atoms with van der Waals surface area (Å²) in [6.07, 6.45) is 4.49. The summed E-state index contributed by atoms with van der Waals surface area (Å²) in [5.41, 5.74) is 4.21. The summed E-state index contributed by atoms with van der Waals surface area (Å²) in [7, 11) is 0. The van der Waals surface area contributed by atoms with Gasteiger partial charge in [0.05, 0.1) is 0 Å². The van der Waals surface area contributed by atoms with E-state index in [-0.39, 0.29) is 17.6 Å². The first-order chi connectivity index (χ1) is 14.6. The number of fused-ring (bicyclic) bond motifs is 1. The van der Waals surface area contributed by atoms with Crippen molar-refractivity contribution in [1.82, 2.24) is 10.3 Å². The van der Waals surface area contributed by atoms with Crippen LogP contribution in [0.3, 0.4) is 0 Å². The van der Waals surface area contributed by atoms with E-state index in [9.17, 15) is 14.0 Å². The number of anilines is 1. The highest BCUT2D eigenvalue weighted by atomic mass is 19.1. The molecule has 0 saturated carbocycles. The van der Waals surface area contributed by atoms with Crippen LogP contribution in [0, 0.1) is 5.82 Å². The van der Waals surface area contributed by atoms with Crippen molar-refractivity contribution >= 4 is 17.5 Å². The highest BCUT2D eigenvalue weighted by Gasteiger charge is 2.25. The molecule has 0 atom stereocenters. The Balaban J connectivity index is 1.50. The molecule has 0 spiro atoms. The van der Waals surface area contributed by atoms with Crippen molar-refractivity contribution in [1.29, 1.82) is 0 Å². The highest BCUT2D eigenvalue weighted by Crippen LogP contribution is 2.35. The molecule has 1 N–H and O–H groups in total. The molecule has 2 heterocycles. The normalized spacial score (nSPS) is 12.5. The van der Waals surface area contributed by atoms with Crippen molar-refractivity contribution < 1.29 is 14.0 Å². The first-order valence-corrected chi connectivity index (χ1v) is 9.97. The van der Waals surface area contributed by atoms with Crippen LogP contribution in [0.1, 0.15) is 34.8 Å². The van der Waals surface area contributed by atoms with Crippen molar-refractivity contribution in [2.45, 2.75) is 26.3 Å². The molecule has 1 aromatic heterocycles. The van der Waals surface area contributed by atoms with E-state index in [1.54, 1.807) is 48.5 Å². The summed E-state index contributed by atoms with van der Waals surface area (Å²) in [6, 6.07) is 13.8. The quantitative estimate of drug-likeness (QED) is 0.697. The molecule has 1 aliphatic heterocycles. The average molecular weight is 403 g/mol. The van der Waals surface area contributed by atoms with Crippen LogP contribution in [0.25, 0.3) is 11.1 Å². The third-order valence-electron chi connectivity index (χ3n) is 5.30. The average Bonchev–Trinajstić information content (AvgIpc) is 3.20. The van der Waals surface area contributed by atoms with Gasteiger partial charge in [-0.3, -0.25) is 14.6 Å². The molecule has 30 heavy (non-hydrogen) atoms. The molecule has 0 fully saturated rings. The molecule has 6 heteroatoms. The Morgan fingerprint density at radius 2 is 1.97 bits per heavy atom. The van der Waals surface area contributed by atoms with Gasteiger partial charge in [-0.1, -0.05) is 25.1 Å². The van der Waals surface area contributed by atoms with Gasteiger partial charge < -0.3 is 10.2 Å². The van der Waals surface area contributed by atoms with E-state index >= 15 is 0 Å². The summed E-state index contributed by atoms with van der Waals surface area (Å²) < 4.78 is 14.8. The van der Waals surface area contributed by atoms with Gasteiger partial charge in [-0.2, -0.15) is 0 Å². The molecule has 0 aliphatic carbocycles. The van der Waals surface area contributed by atoms with Crippen LogP contribution in [0.2, 0.25) is 0 Å².